The van der Waals surface area contributed by atoms with Crippen LogP contribution in [-0.2, 0) is 11.3 Å². The molecule has 0 aliphatic rings. The summed E-state index contributed by atoms with van der Waals surface area (Å²) in [6.07, 6.45) is 3.56. The van der Waals surface area contributed by atoms with E-state index in [1.807, 2.05) is 28.9 Å². The van der Waals surface area contributed by atoms with Crippen LogP contribution >= 0.6 is 15.9 Å². The van der Waals surface area contributed by atoms with Crippen LogP contribution in [0.25, 0.3) is 5.65 Å². The molecule has 0 aliphatic heterocycles. The number of hydrogen-bond acceptors (Lipinski definition) is 3. The Morgan fingerprint density at radius 1 is 1.48 bits per heavy atom. The second kappa shape index (κ2) is 7.29. The fourth-order valence-electron chi connectivity index (χ4n) is 2.09. The third kappa shape index (κ3) is 5.20. The molecule has 0 atom stereocenters. The molecule has 2 aromatic heterocycles. The van der Waals surface area contributed by atoms with E-state index in [2.05, 4.69) is 20.9 Å². The lowest BCUT2D eigenvalue weighted by Gasteiger charge is -2.26. The SMILES string of the molecule is CC(C)(C)OC(=O)N(CCCF)Cc1cn2ccc(Br)cc2n1. The van der Waals surface area contributed by atoms with E-state index >= 15 is 0 Å². The van der Waals surface area contributed by atoms with Crippen LogP contribution in [-0.4, -0.2) is 39.2 Å². The van der Waals surface area contributed by atoms with Gasteiger partial charge < -0.3 is 14.0 Å². The number of halogens is 2. The first kappa shape index (κ1) is 17.7. The summed E-state index contributed by atoms with van der Waals surface area (Å²) in [4.78, 5) is 18.3. The number of rotatable bonds is 5. The highest BCUT2D eigenvalue weighted by Gasteiger charge is 2.22. The van der Waals surface area contributed by atoms with Crippen LogP contribution in [0.15, 0.2) is 29.0 Å². The molecule has 126 valence electrons. The molecular formula is C16H21BrFN3O2. The Morgan fingerprint density at radius 3 is 2.87 bits per heavy atom. The van der Waals surface area contributed by atoms with E-state index in [0.29, 0.717) is 6.54 Å². The first-order valence-corrected chi connectivity index (χ1v) is 8.25. The van der Waals surface area contributed by atoms with E-state index in [-0.39, 0.29) is 13.0 Å². The summed E-state index contributed by atoms with van der Waals surface area (Å²) >= 11 is 3.40. The Bertz CT molecular complexity index is 682. The second-order valence-electron chi connectivity index (χ2n) is 6.29. The van der Waals surface area contributed by atoms with Crippen molar-refractivity contribution < 1.29 is 13.9 Å². The summed E-state index contributed by atoms with van der Waals surface area (Å²) in [5.41, 5.74) is 0.922. The molecule has 23 heavy (non-hydrogen) atoms. The minimum Gasteiger partial charge on any atom is -0.444 e. The Balaban J connectivity index is 2.16. The van der Waals surface area contributed by atoms with Gasteiger partial charge in [0.25, 0.3) is 0 Å². The third-order valence-corrected chi connectivity index (χ3v) is 3.53. The fourth-order valence-corrected chi connectivity index (χ4v) is 2.42. The zero-order valence-electron chi connectivity index (χ0n) is 13.6. The molecule has 0 aliphatic carbocycles. The average molecular weight is 386 g/mol. The molecule has 0 saturated carbocycles. The van der Waals surface area contributed by atoms with Crippen LogP contribution < -0.4 is 0 Å². The van der Waals surface area contributed by atoms with Crippen LogP contribution in [0.1, 0.15) is 32.9 Å². The summed E-state index contributed by atoms with van der Waals surface area (Å²) in [5.74, 6) is 0. The largest absolute Gasteiger partial charge is 0.444 e. The molecule has 0 saturated heterocycles. The van der Waals surface area contributed by atoms with E-state index in [1.165, 1.54) is 4.90 Å². The molecular weight excluding hydrogens is 365 g/mol. The van der Waals surface area contributed by atoms with Gasteiger partial charge in [0.15, 0.2) is 0 Å². The van der Waals surface area contributed by atoms with Gasteiger partial charge >= 0.3 is 6.09 Å². The number of pyridine rings is 1. The van der Waals surface area contributed by atoms with Gasteiger partial charge in [-0.15, -0.1) is 0 Å². The van der Waals surface area contributed by atoms with Crippen molar-refractivity contribution in [1.29, 1.82) is 0 Å². The smallest absolute Gasteiger partial charge is 0.410 e. The van der Waals surface area contributed by atoms with E-state index in [9.17, 15) is 9.18 Å². The molecule has 2 rings (SSSR count). The minimum absolute atomic E-state index is 0.276. The summed E-state index contributed by atoms with van der Waals surface area (Å²) in [7, 11) is 0. The average Bonchev–Trinajstić information content (AvgIpc) is 2.82. The highest BCUT2D eigenvalue weighted by Crippen LogP contribution is 2.16. The van der Waals surface area contributed by atoms with Gasteiger partial charge in [-0.1, -0.05) is 15.9 Å². The number of carbonyl (C=O) groups excluding carboxylic acids is 1. The van der Waals surface area contributed by atoms with Crippen LogP contribution in [0.3, 0.4) is 0 Å². The van der Waals surface area contributed by atoms with E-state index in [0.717, 1.165) is 15.8 Å². The van der Waals surface area contributed by atoms with Gasteiger partial charge in [0.05, 0.1) is 18.9 Å². The van der Waals surface area contributed by atoms with Crippen LogP contribution in [0.2, 0.25) is 0 Å². The van der Waals surface area contributed by atoms with Crippen LogP contribution in [0, 0.1) is 0 Å². The van der Waals surface area contributed by atoms with Gasteiger partial charge in [0.1, 0.15) is 11.2 Å². The molecule has 0 fully saturated rings. The maximum absolute atomic E-state index is 12.5. The van der Waals surface area contributed by atoms with Gasteiger partial charge in [0, 0.05) is 23.4 Å². The number of imidazole rings is 1. The number of aromatic nitrogens is 2. The van der Waals surface area contributed by atoms with Gasteiger partial charge in [0.2, 0.25) is 0 Å². The highest BCUT2D eigenvalue weighted by molar-refractivity contribution is 9.10. The molecule has 0 bridgehead atoms. The molecule has 2 aromatic rings. The lowest BCUT2D eigenvalue weighted by Crippen LogP contribution is -2.37. The van der Waals surface area contributed by atoms with Crippen molar-refractivity contribution >= 4 is 27.7 Å². The highest BCUT2D eigenvalue weighted by atomic mass is 79.9. The number of carbonyl (C=O) groups is 1. The Labute approximate surface area is 143 Å². The molecule has 0 unspecified atom stereocenters. The fraction of sp³-hybridized carbons (Fsp3) is 0.500. The summed E-state index contributed by atoms with van der Waals surface area (Å²) < 4.78 is 20.7. The van der Waals surface area contributed by atoms with Crippen molar-refractivity contribution in [2.45, 2.75) is 39.3 Å². The van der Waals surface area contributed by atoms with E-state index in [4.69, 9.17) is 4.74 Å². The normalized spacial score (nSPS) is 11.7. The molecule has 0 aromatic carbocycles. The molecule has 0 radical (unpaired) electrons. The van der Waals surface area contributed by atoms with Crippen LogP contribution in [0.5, 0.6) is 0 Å². The van der Waals surface area contributed by atoms with E-state index in [1.54, 1.807) is 20.8 Å². The van der Waals surface area contributed by atoms with Crippen molar-refractivity contribution in [3.63, 3.8) is 0 Å². The monoisotopic (exact) mass is 385 g/mol. The second-order valence-corrected chi connectivity index (χ2v) is 7.20. The molecule has 7 heteroatoms. The third-order valence-electron chi connectivity index (χ3n) is 3.04. The minimum atomic E-state index is -0.588. The molecule has 0 N–H and O–H groups in total. The summed E-state index contributed by atoms with van der Waals surface area (Å²) in [6, 6.07) is 3.80. The van der Waals surface area contributed by atoms with Gasteiger partial charge in [-0.2, -0.15) is 0 Å². The topological polar surface area (TPSA) is 46.8 Å². The number of alkyl halides is 1. The molecule has 2 heterocycles. The molecule has 5 nitrogen and oxygen atoms in total. The number of ether oxygens (including phenoxy) is 1. The van der Waals surface area contributed by atoms with Crippen LogP contribution in [0.4, 0.5) is 9.18 Å². The number of fused-ring (bicyclic) bond motifs is 1. The van der Waals surface area contributed by atoms with E-state index < -0.39 is 18.4 Å². The summed E-state index contributed by atoms with van der Waals surface area (Å²) in [5, 5.41) is 0. The zero-order valence-corrected chi connectivity index (χ0v) is 15.1. The van der Waals surface area contributed by atoms with Crippen molar-refractivity contribution in [3.8, 4) is 0 Å². The first-order valence-electron chi connectivity index (χ1n) is 7.45. The number of hydrogen-bond donors (Lipinski definition) is 0. The number of amides is 1. The quantitative estimate of drug-likeness (QED) is 0.774. The number of nitrogens with zero attached hydrogens (tertiary/aromatic N) is 3. The van der Waals surface area contributed by atoms with Gasteiger partial charge in [-0.05, 0) is 39.3 Å². The Morgan fingerprint density at radius 2 is 2.22 bits per heavy atom. The van der Waals surface area contributed by atoms with Gasteiger partial charge in [-0.3, -0.25) is 4.39 Å². The molecule has 0 spiro atoms. The predicted molar refractivity (Wildman–Crippen MR) is 90.1 cm³/mol. The summed E-state index contributed by atoms with van der Waals surface area (Å²) in [6.45, 7) is 5.52. The Kier molecular flexibility index (Phi) is 5.62. The standard InChI is InChI=1S/C16H21BrFN3O2/c1-16(2,3)23-15(22)21(7-4-6-18)11-13-10-20-8-5-12(17)9-14(20)19-13/h5,8-10H,4,6-7,11H2,1-3H3. The maximum Gasteiger partial charge on any atom is 0.410 e. The molecule has 1 amide bonds. The van der Waals surface area contributed by atoms with Crippen molar-refractivity contribution in [3.05, 3.63) is 34.7 Å². The van der Waals surface area contributed by atoms with Gasteiger partial charge in [-0.25, -0.2) is 9.78 Å². The lowest BCUT2D eigenvalue weighted by molar-refractivity contribution is 0.0226. The first-order chi connectivity index (χ1) is 10.8. The zero-order chi connectivity index (χ0) is 17.0. The van der Waals surface area contributed by atoms with Crippen molar-refractivity contribution in [2.75, 3.05) is 13.2 Å². The lowest BCUT2D eigenvalue weighted by atomic mass is 10.2. The van der Waals surface area contributed by atoms with Crippen molar-refractivity contribution in [2.24, 2.45) is 0 Å². The Hall–Kier alpha value is -1.63. The maximum atomic E-state index is 12.5. The van der Waals surface area contributed by atoms with Crippen molar-refractivity contribution in [1.82, 2.24) is 14.3 Å². The predicted octanol–water partition coefficient (Wildman–Crippen LogP) is 4.19.